The van der Waals surface area contributed by atoms with Crippen molar-refractivity contribution in [3.05, 3.63) is 35.6 Å². The third-order valence-electron chi connectivity index (χ3n) is 2.70. The largest absolute Gasteiger partial charge is 0.338 e. The zero-order valence-corrected chi connectivity index (χ0v) is 11.8. The molecule has 0 spiro atoms. The van der Waals surface area contributed by atoms with Crippen molar-refractivity contribution in [3.63, 3.8) is 0 Å². The van der Waals surface area contributed by atoms with E-state index in [1.807, 2.05) is 6.92 Å². The number of nitrogens with one attached hydrogen (secondary N) is 3. The Bertz CT molecular complexity index is 465. The minimum absolute atomic E-state index is 0.105. The molecule has 0 bridgehead atoms. The summed E-state index contributed by atoms with van der Waals surface area (Å²) in [5.41, 5.74) is 0.549. The van der Waals surface area contributed by atoms with Gasteiger partial charge in [0.1, 0.15) is 12.4 Å². The van der Waals surface area contributed by atoms with Crippen LogP contribution in [0.3, 0.4) is 0 Å². The van der Waals surface area contributed by atoms with Crippen LogP contribution in [0.4, 0.5) is 9.18 Å². The van der Waals surface area contributed by atoms with Crippen LogP contribution in [0.15, 0.2) is 24.3 Å². The first-order valence-electron chi connectivity index (χ1n) is 6.65. The molecular weight excluding hydrogens is 261 g/mol. The fourth-order valence-electron chi connectivity index (χ4n) is 1.76. The molecule has 0 radical (unpaired) electrons. The van der Waals surface area contributed by atoms with E-state index in [0.29, 0.717) is 18.7 Å². The molecule has 6 heteroatoms. The second-order valence-corrected chi connectivity index (χ2v) is 4.71. The number of imide groups is 1. The minimum atomic E-state index is -0.490. The van der Waals surface area contributed by atoms with Crippen LogP contribution in [-0.2, 0) is 11.3 Å². The highest BCUT2D eigenvalue weighted by atomic mass is 19.1. The highest BCUT2D eigenvalue weighted by molar-refractivity contribution is 5.94. The molecule has 5 nitrogen and oxygen atoms in total. The number of hydrogen-bond donors (Lipinski definition) is 3. The van der Waals surface area contributed by atoms with E-state index in [1.54, 1.807) is 25.2 Å². The minimum Gasteiger partial charge on any atom is -0.338 e. The Balaban J connectivity index is 2.38. The number of likely N-dealkylation sites (N-methyl/N-ethyl adjacent to an activating group) is 1. The van der Waals surface area contributed by atoms with Crippen molar-refractivity contribution in [2.45, 2.75) is 19.9 Å². The lowest BCUT2D eigenvalue weighted by Crippen LogP contribution is -3.09. The van der Waals surface area contributed by atoms with Crippen molar-refractivity contribution in [3.8, 4) is 0 Å². The first kappa shape index (κ1) is 16.1. The lowest BCUT2D eigenvalue weighted by molar-refractivity contribution is -0.885. The first-order valence-corrected chi connectivity index (χ1v) is 6.65. The molecule has 1 atom stereocenters. The lowest BCUT2D eigenvalue weighted by atomic mass is 10.2. The van der Waals surface area contributed by atoms with E-state index in [9.17, 15) is 14.0 Å². The number of amides is 3. The molecule has 20 heavy (non-hydrogen) atoms. The molecule has 3 N–H and O–H groups in total. The van der Waals surface area contributed by atoms with Crippen molar-refractivity contribution in [1.82, 2.24) is 10.6 Å². The molecule has 1 aromatic carbocycles. The molecule has 110 valence electrons. The van der Waals surface area contributed by atoms with Gasteiger partial charge >= 0.3 is 6.03 Å². The highest BCUT2D eigenvalue weighted by Gasteiger charge is 2.14. The summed E-state index contributed by atoms with van der Waals surface area (Å²) in [4.78, 5) is 23.7. The van der Waals surface area contributed by atoms with Gasteiger partial charge in [-0.15, -0.1) is 0 Å². The second kappa shape index (κ2) is 8.27. The van der Waals surface area contributed by atoms with Crippen LogP contribution >= 0.6 is 0 Å². The van der Waals surface area contributed by atoms with E-state index in [1.165, 1.54) is 6.07 Å². The van der Waals surface area contributed by atoms with Gasteiger partial charge in [0.15, 0.2) is 6.54 Å². The maximum absolute atomic E-state index is 13.5. The Kier molecular flexibility index (Phi) is 6.66. The van der Waals surface area contributed by atoms with Crippen LogP contribution in [0, 0.1) is 5.82 Å². The first-order chi connectivity index (χ1) is 9.52. The lowest BCUT2D eigenvalue weighted by Gasteiger charge is -2.14. The molecule has 0 aromatic heterocycles. The van der Waals surface area contributed by atoms with Gasteiger partial charge in [-0.05, 0) is 12.5 Å². The van der Waals surface area contributed by atoms with Gasteiger partial charge in [0.2, 0.25) is 0 Å². The van der Waals surface area contributed by atoms with Gasteiger partial charge in [-0.3, -0.25) is 10.1 Å². The van der Waals surface area contributed by atoms with Gasteiger partial charge in [0, 0.05) is 12.1 Å². The number of quaternary nitrogens is 1. The Hall–Kier alpha value is -1.95. The highest BCUT2D eigenvalue weighted by Crippen LogP contribution is 2.03. The van der Waals surface area contributed by atoms with E-state index in [2.05, 4.69) is 10.6 Å². The molecular formula is C14H21FN3O2+. The monoisotopic (exact) mass is 282 g/mol. The topological polar surface area (TPSA) is 62.6 Å². The second-order valence-electron chi connectivity index (χ2n) is 4.71. The molecule has 0 heterocycles. The van der Waals surface area contributed by atoms with Gasteiger partial charge in [-0.2, -0.15) is 0 Å². The van der Waals surface area contributed by atoms with E-state index >= 15 is 0 Å². The quantitative estimate of drug-likeness (QED) is 0.692. The molecule has 0 aliphatic carbocycles. The van der Waals surface area contributed by atoms with E-state index in [-0.39, 0.29) is 18.3 Å². The summed E-state index contributed by atoms with van der Waals surface area (Å²) in [6.45, 7) is 2.94. The van der Waals surface area contributed by atoms with Crippen molar-refractivity contribution in [2.24, 2.45) is 0 Å². The van der Waals surface area contributed by atoms with Crippen molar-refractivity contribution < 1.29 is 18.9 Å². The van der Waals surface area contributed by atoms with Gasteiger partial charge in [-0.25, -0.2) is 9.18 Å². The van der Waals surface area contributed by atoms with E-state index in [4.69, 9.17) is 0 Å². The van der Waals surface area contributed by atoms with Crippen LogP contribution in [0.25, 0.3) is 0 Å². The van der Waals surface area contributed by atoms with Crippen LogP contribution in [0.2, 0.25) is 0 Å². The maximum Gasteiger partial charge on any atom is 0.321 e. The van der Waals surface area contributed by atoms with E-state index in [0.717, 1.165) is 11.3 Å². The fourth-order valence-corrected chi connectivity index (χ4v) is 1.76. The Morgan fingerprint density at radius 3 is 2.65 bits per heavy atom. The number of rotatable bonds is 6. The Morgan fingerprint density at radius 2 is 2.00 bits per heavy atom. The molecule has 1 aromatic rings. The van der Waals surface area contributed by atoms with Gasteiger partial charge in [0.25, 0.3) is 5.91 Å². The molecule has 0 saturated carbocycles. The van der Waals surface area contributed by atoms with Crippen molar-refractivity contribution in [2.75, 3.05) is 20.1 Å². The van der Waals surface area contributed by atoms with Gasteiger partial charge in [0.05, 0.1) is 7.05 Å². The Morgan fingerprint density at radius 1 is 1.30 bits per heavy atom. The standard InChI is InChI=1S/C14H20FN3O2/c1-3-8-16-14(20)17-13(19)10-18(2)9-11-6-4-5-7-12(11)15/h4-7H,3,8-10H2,1-2H3,(H2,16,17,19,20)/p+1. The zero-order chi connectivity index (χ0) is 15.0. The predicted molar refractivity (Wildman–Crippen MR) is 73.7 cm³/mol. The summed E-state index contributed by atoms with van der Waals surface area (Å²) >= 11 is 0. The average molecular weight is 282 g/mol. The number of benzene rings is 1. The number of halogens is 1. The number of carbonyl (C=O) groups is 2. The zero-order valence-electron chi connectivity index (χ0n) is 11.8. The molecule has 1 rings (SSSR count). The molecule has 1 unspecified atom stereocenters. The maximum atomic E-state index is 13.5. The van der Waals surface area contributed by atoms with Crippen LogP contribution < -0.4 is 15.5 Å². The fraction of sp³-hybridized carbons (Fsp3) is 0.429. The van der Waals surface area contributed by atoms with Gasteiger partial charge < -0.3 is 10.2 Å². The summed E-state index contributed by atoms with van der Waals surface area (Å²) in [7, 11) is 1.77. The van der Waals surface area contributed by atoms with Crippen LogP contribution in [-0.4, -0.2) is 32.1 Å². The van der Waals surface area contributed by atoms with Crippen molar-refractivity contribution >= 4 is 11.9 Å². The average Bonchev–Trinajstić information content (AvgIpc) is 2.38. The molecule has 0 fully saturated rings. The summed E-state index contributed by atoms with van der Waals surface area (Å²) in [6, 6.07) is 5.96. The molecule has 0 aliphatic rings. The molecule has 3 amide bonds. The number of urea groups is 1. The van der Waals surface area contributed by atoms with E-state index < -0.39 is 6.03 Å². The number of hydrogen-bond acceptors (Lipinski definition) is 2. The SMILES string of the molecule is CCCNC(=O)NC(=O)C[NH+](C)Cc1ccccc1F. The molecule has 0 aliphatic heterocycles. The van der Waals surface area contributed by atoms with Crippen LogP contribution in [0.5, 0.6) is 0 Å². The summed E-state index contributed by atoms with van der Waals surface area (Å²) < 4.78 is 13.5. The summed E-state index contributed by atoms with van der Waals surface area (Å²) in [5, 5.41) is 4.80. The number of carbonyl (C=O) groups excluding carboxylic acids is 2. The van der Waals surface area contributed by atoms with Crippen LogP contribution in [0.1, 0.15) is 18.9 Å². The van der Waals surface area contributed by atoms with Gasteiger partial charge in [-0.1, -0.05) is 25.1 Å². The third-order valence-corrected chi connectivity index (χ3v) is 2.70. The predicted octanol–water partition coefficient (Wildman–Crippen LogP) is 0.0762. The third kappa shape index (κ3) is 5.79. The summed E-state index contributed by atoms with van der Waals surface area (Å²) in [6.07, 6.45) is 0.806. The summed E-state index contributed by atoms with van der Waals surface area (Å²) in [5.74, 6) is -0.666. The van der Waals surface area contributed by atoms with Crippen molar-refractivity contribution in [1.29, 1.82) is 0 Å². The Labute approximate surface area is 118 Å². The normalized spacial score (nSPS) is 11.8. The smallest absolute Gasteiger partial charge is 0.321 e. The molecule has 0 saturated heterocycles.